The first kappa shape index (κ1) is 12.1. The first-order valence-corrected chi connectivity index (χ1v) is 5.86. The highest BCUT2D eigenvalue weighted by molar-refractivity contribution is 6.31. The molecule has 2 rings (SSSR count). The Morgan fingerprint density at radius 2 is 2.18 bits per heavy atom. The van der Waals surface area contributed by atoms with Gasteiger partial charge in [0.05, 0.1) is 11.8 Å². The third-order valence-corrected chi connectivity index (χ3v) is 3.16. The molecular formula is C13H15ClN2O. The molecular weight excluding hydrogens is 236 g/mol. The van der Waals surface area contributed by atoms with Crippen molar-refractivity contribution in [1.29, 1.82) is 0 Å². The van der Waals surface area contributed by atoms with Crippen LogP contribution < -0.4 is 0 Å². The number of aliphatic hydroxyl groups is 1. The molecule has 2 aromatic rings. The van der Waals surface area contributed by atoms with Crippen molar-refractivity contribution in [3.8, 4) is 0 Å². The van der Waals surface area contributed by atoms with Gasteiger partial charge in [-0.15, -0.1) is 0 Å². The van der Waals surface area contributed by atoms with E-state index in [2.05, 4.69) is 5.10 Å². The summed E-state index contributed by atoms with van der Waals surface area (Å²) in [5.41, 5.74) is 2.71. The predicted molar refractivity (Wildman–Crippen MR) is 68.1 cm³/mol. The van der Waals surface area contributed by atoms with Gasteiger partial charge >= 0.3 is 0 Å². The van der Waals surface area contributed by atoms with Crippen molar-refractivity contribution >= 4 is 11.6 Å². The number of rotatable bonds is 3. The smallest absolute Gasteiger partial charge is 0.0846 e. The summed E-state index contributed by atoms with van der Waals surface area (Å²) in [4.78, 5) is 0. The Bertz CT molecular complexity index is 522. The van der Waals surface area contributed by atoms with Crippen molar-refractivity contribution < 1.29 is 5.11 Å². The van der Waals surface area contributed by atoms with Gasteiger partial charge in [0.1, 0.15) is 0 Å². The van der Waals surface area contributed by atoms with E-state index in [1.54, 1.807) is 4.68 Å². The number of hydrogen-bond donors (Lipinski definition) is 1. The molecule has 1 aromatic heterocycles. The van der Waals surface area contributed by atoms with E-state index in [-0.39, 0.29) is 0 Å². The maximum atomic E-state index is 10.1. The molecule has 0 saturated heterocycles. The molecule has 0 aliphatic carbocycles. The van der Waals surface area contributed by atoms with Crippen LogP contribution in [0.4, 0.5) is 0 Å². The van der Waals surface area contributed by atoms with Gasteiger partial charge in [-0.3, -0.25) is 4.68 Å². The van der Waals surface area contributed by atoms with E-state index < -0.39 is 6.10 Å². The lowest BCUT2D eigenvalue weighted by Crippen LogP contribution is -2.03. The summed E-state index contributed by atoms with van der Waals surface area (Å²) in [5.74, 6) is 0. The Balaban J connectivity index is 2.14. The van der Waals surface area contributed by atoms with Crippen LogP contribution in [-0.4, -0.2) is 14.9 Å². The van der Waals surface area contributed by atoms with Gasteiger partial charge in [0.15, 0.2) is 0 Å². The number of nitrogens with zero attached hydrogens (tertiary/aromatic N) is 2. The van der Waals surface area contributed by atoms with Gasteiger partial charge in [-0.25, -0.2) is 0 Å². The molecule has 1 unspecified atom stereocenters. The second kappa shape index (κ2) is 4.90. The quantitative estimate of drug-likeness (QED) is 0.910. The van der Waals surface area contributed by atoms with Crippen LogP contribution in [0.5, 0.6) is 0 Å². The Labute approximate surface area is 106 Å². The average Bonchev–Trinajstić information content (AvgIpc) is 2.68. The molecule has 0 radical (unpaired) electrons. The van der Waals surface area contributed by atoms with Crippen molar-refractivity contribution in [3.63, 3.8) is 0 Å². The number of aryl methyl sites for hydroxylation is 2. The van der Waals surface area contributed by atoms with E-state index in [4.69, 9.17) is 11.6 Å². The first-order valence-electron chi connectivity index (χ1n) is 5.49. The normalized spacial score (nSPS) is 12.7. The van der Waals surface area contributed by atoms with Crippen LogP contribution in [0.2, 0.25) is 5.02 Å². The fraction of sp³-hybridized carbons (Fsp3) is 0.308. The topological polar surface area (TPSA) is 38.0 Å². The van der Waals surface area contributed by atoms with Crippen molar-refractivity contribution in [3.05, 3.63) is 52.3 Å². The zero-order valence-corrected chi connectivity index (χ0v) is 10.6. The lowest BCUT2D eigenvalue weighted by atomic mass is 10.0. The van der Waals surface area contributed by atoms with Crippen molar-refractivity contribution in [2.75, 3.05) is 0 Å². The van der Waals surface area contributed by atoms with Gasteiger partial charge in [0, 0.05) is 24.7 Å². The third-order valence-electron chi connectivity index (χ3n) is 2.75. The maximum Gasteiger partial charge on any atom is 0.0846 e. The minimum Gasteiger partial charge on any atom is -0.388 e. The summed E-state index contributed by atoms with van der Waals surface area (Å²) in [7, 11) is 1.86. The molecule has 1 aromatic carbocycles. The molecule has 0 aliphatic heterocycles. The van der Waals surface area contributed by atoms with E-state index in [0.29, 0.717) is 11.4 Å². The second-order valence-corrected chi connectivity index (χ2v) is 4.62. The zero-order valence-electron chi connectivity index (χ0n) is 9.89. The van der Waals surface area contributed by atoms with Crippen LogP contribution in [0.1, 0.15) is 22.9 Å². The van der Waals surface area contributed by atoms with E-state index in [1.807, 2.05) is 44.4 Å². The summed E-state index contributed by atoms with van der Waals surface area (Å²) in [6, 6.07) is 7.53. The van der Waals surface area contributed by atoms with Crippen LogP contribution in [-0.2, 0) is 13.5 Å². The van der Waals surface area contributed by atoms with E-state index in [0.717, 1.165) is 16.8 Å². The fourth-order valence-corrected chi connectivity index (χ4v) is 1.89. The van der Waals surface area contributed by atoms with Crippen LogP contribution in [0.15, 0.2) is 30.5 Å². The highest BCUT2D eigenvalue weighted by Gasteiger charge is 2.11. The Kier molecular flexibility index (Phi) is 3.50. The minimum atomic E-state index is -0.567. The van der Waals surface area contributed by atoms with Crippen LogP contribution >= 0.6 is 11.6 Å². The largest absolute Gasteiger partial charge is 0.388 e. The molecule has 1 atom stereocenters. The minimum absolute atomic E-state index is 0.500. The second-order valence-electron chi connectivity index (χ2n) is 4.21. The van der Waals surface area contributed by atoms with Crippen molar-refractivity contribution in [2.45, 2.75) is 19.4 Å². The van der Waals surface area contributed by atoms with Gasteiger partial charge in [0.25, 0.3) is 0 Å². The Morgan fingerprint density at radius 1 is 1.41 bits per heavy atom. The molecule has 0 aliphatic rings. The van der Waals surface area contributed by atoms with Crippen LogP contribution in [0.3, 0.4) is 0 Å². The summed E-state index contributed by atoms with van der Waals surface area (Å²) < 4.78 is 1.73. The standard InChI is InChI=1S/C13H15ClN2O/c1-9-3-4-10(7-12(9)14)13(17)8-11-5-6-16(2)15-11/h3-7,13,17H,8H2,1-2H3. The van der Waals surface area contributed by atoms with E-state index >= 15 is 0 Å². The molecule has 1 heterocycles. The highest BCUT2D eigenvalue weighted by atomic mass is 35.5. The van der Waals surface area contributed by atoms with Crippen LogP contribution in [0.25, 0.3) is 0 Å². The fourth-order valence-electron chi connectivity index (χ4n) is 1.70. The first-order chi connectivity index (χ1) is 8.06. The van der Waals surface area contributed by atoms with E-state index in [9.17, 15) is 5.11 Å². The Hall–Kier alpha value is -1.32. The summed E-state index contributed by atoms with van der Waals surface area (Å²) in [5, 5.41) is 15.0. The van der Waals surface area contributed by atoms with Gasteiger partial charge in [-0.2, -0.15) is 5.10 Å². The van der Waals surface area contributed by atoms with Crippen molar-refractivity contribution in [1.82, 2.24) is 9.78 Å². The van der Waals surface area contributed by atoms with Gasteiger partial charge in [-0.1, -0.05) is 23.7 Å². The van der Waals surface area contributed by atoms with Gasteiger partial charge in [0.2, 0.25) is 0 Å². The summed E-state index contributed by atoms with van der Waals surface area (Å²) in [6.45, 7) is 1.94. The molecule has 0 amide bonds. The molecule has 4 heteroatoms. The van der Waals surface area contributed by atoms with Gasteiger partial charge in [-0.05, 0) is 30.2 Å². The number of aliphatic hydroxyl groups excluding tert-OH is 1. The monoisotopic (exact) mass is 250 g/mol. The number of benzene rings is 1. The predicted octanol–water partition coefficient (Wildman–Crippen LogP) is 2.66. The number of hydrogen-bond acceptors (Lipinski definition) is 2. The molecule has 17 heavy (non-hydrogen) atoms. The zero-order chi connectivity index (χ0) is 12.4. The molecule has 0 saturated carbocycles. The third kappa shape index (κ3) is 2.87. The lowest BCUT2D eigenvalue weighted by molar-refractivity contribution is 0.177. The highest BCUT2D eigenvalue weighted by Crippen LogP contribution is 2.23. The van der Waals surface area contributed by atoms with Crippen LogP contribution in [0, 0.1) is 6.92 Å². The molecule has 90 valence electrons. The molecule has 0 spiro atoms. The van der Waals surface area contributed by atoms with Gasteiger partial charge < -0.3 is 5.11 Å². The lowest BCUT2D eigenvalue weighted by Gasteiger charge is -2.10. The molecule has 3 nitrogen and oxygen atoms in total. The molecule has 1 N–H and O–H groups in total. The summed E-state index contributed by atoms with van der Waals surface area (Å²) >= 11 is 6.03. The van der Waals surface area contributed by atoms with E-state index in [1.165, 1.54) is 0 Å². The summed E-state index contributed by atoms with van der Waals surface area (Å²) in [6.07, 6.45) is 1.80. The Morgan fingerprint density at radius 3 is 2.76 bits per heavy atom. The SMILES string of the molecule is Cc1ccc(C(O)Cc2ccn(C)n2)cc1Cl. The number of aromatic nitrogens is 2. The molecule has 0 bridgehead atoms. The number of halogens is 1. The maximum absolute atomic E-state index is 10.1. The molecule has 0 fully saturated rings. The average molecular weight is 251 g/mol. The van der Waals surface area contributed by atoms with Crippen molar-refractivity contribution in [2.24, 2.45) is 7.05 Å².